The molecule has 0 radical (unpaired) electrons. The molecule has 0 amide bonds. The van der Waals surface area contributed by atoms with Crippen molar-refractivity contribution in [1.29, 1.82) is 0 Å². The van der Waals surface area contributed by atoms with Crippen molar-refractivity contribution in [2.75, 3.05) is 20.8 Å². The number of methoxy groups -OCH3 is 2. The van der Waals surface area contributed by atoms with Crippen LogP contribution in [-0.2, 0) is 4.79 Å². The third-order valence-corrected chi connectivity index (χ3v) is 4.38. The summed E-state index contributed by atoms with van der Waals surface area (Å²) in [5.74, 6) is 0.867. The van der Waals surface area contributed by atoms with Crippen LogP contribution < -0.4 is 9.47 Å². The zero-order valence-corrected chi connectivity index (χ0v) is 13.0. The van der Waals surface area contributed by atoms with Gasteiger partial charge in [0.25, 0.3) is 0 Å². The van der Waals surface area contributed by atoms with Crippen molar-refractivity contribution in [3.63, 3.8) is 0 Å². The van der Waals surface area contributed by atoms with Crippen LogP contribution in [0, 0.1) is 5.92 Å². The van der Waals surface area contributed by atoms with Crippen LogP contribution in [0.4, 0.5) is 0 Å². The van der Waals surface area contributed by atoms with E-state index < -0.39 is 12.0 Å². The van der Waals surface area contributed by atoms with Crippen LogP contribution in [-0.4, -0.2) is 42.8 Å². The number of hydrogen-bond donors (Lipinski definition) is 1. The van der Waals surface area contributed by atoms with Crippen molar-refractivity contribution >= 4 is 5.97 Å². The molecule has 0 spiro atoms. The average Bonchev–Trinajstić information content (AvgIpc) is 2.87. The quantitative estimate of drug-likeness (QED) is 0.904. The largest absolute Gasteiger partial charge is 0.497 e. The Morgan fingerprint density at radius 1 is 1.38 bits per heavy atom. The van der Waals surface area contributed by atoms with Gasteiger partial charge in [-0.05, 0) is 31.9 Å². The Hall–Kier alpha value is -1.75. The first-order chi connectivity index (χ1) is 9.99. The number of carboxylic acid groups (broad SMARTS) is 1. The van der Waals surface area contributed by atoms with E-state index in [1.807, 2.05) is 36.9 Å². The standard InChI is InChI=1S/C16H23NO4/c1-10-7-8-17(15(10)16(18)19)11(2)13-6-5-12(20-3)9-14(13)21-4/h5-6,9-11,15H,7-8H2,1-4H3,(H,18,19). The minimum atomic E-state index is -0.751. The Labute approximate surface area is 125 Å². The second-order valence-corrected chi connectivity index (χ2v) is 5.57. The number of carbonyl (C=O) groups is 1. The summed E-state index contributed by atoms with van der Waals surface area (Å²) in [6.45, 7) is 4.81. The molecule has 1 heterocycles. The molecule has 0 bridgehead atoms. The minimum Gasteiger partial charge on any atom is -0.497 e. The molecular weight excluding hydrogens is 270 g/mol. The van der Waals surface area contributed by atoms with Crippen molar-refractivity contribution in [3.8, 4) is 11.5 Å². The highest BCUT2D eigenvalue weighted by Gasteiger charge is 2.39. The van der Waals surface area contributed by atoms with Crippen molar-refractivity contribution in [2.24, 2.45) is 5.92 Å². The fourth-order valence-corrected chi connectivity index (χ4v) is 3.14. The molecule has 1 aliphatic heterocycles. The van der Waals surface area contributed by atoms with E-state index in [1.165, 1.54) is 0 Å². The highest BCUT2D eigenvalue weighted by Crippen LogP contribution is 2.37. The van der Waals surface area contributed by atoms with Crippen molar-refractivity contribution in [2.45, 2.75) is 32.4 Å². The van der Waals surface area contributed by atoms with Crippen molar-refractivity contribution in [3.05, 3.63) is 23.8 Å². The Morgan fingerprint density at radius 2 is 2.10 bits per heavy atom. The summed E-state index contributed by atoms with van der Waals surface area (Å²) in [5.41, 5.74) is 0.985. The number of rotatable bonds is 5. The minimum absolute atomic E-state index is 0.0168. The lowest BCUT2D eigenvalue weighted by Crippen LogP contribution is -2.40. The molecule has 2 rings (SSSR count). The van der Waals surface area contributed by atoms with Gasteiger partial charge in [-0.2, -0.15) is 0 Å². The van der Waals surface area contributed by atoms with Gasteiger partial charge in [-0.1, -0.05) is 13.0 Å². The summed E-state index contributed by atoms with van der Waals surface area (Å²) >= 11 is 0. The molecule has 116 valence electrons. The van der Waals surface area contributed by atoms with E-state index in [4.69, 9.17) is 9.47 Å². The van der Waals surface area contributed by atoms with Gasteiger partial charge in [0.1, 0.15) is 17.5 Å². The smallest absolute Gasteiger partial charge is 0.321 e. The molecule has 5 heteroatoms. The van der Waals surface area contributed by atoms with Crippen LogP contribution in [0.1, 0.15) is 31.9 Å². The van der Waals surface area contributed by atoms with E-state index in [2.05, 4.69) is 0 Å². The number of likely N-dealkylation sites (tertiary alicyclic amines) is 1. The van der Waals surface area contributed by atoms with E-state index in [0.29, 0.717) is 0 Å². The molecule has 3 unspecified atom stereocenters. The predicted molar refractivity (Wildman–Crippen MR) is 79.9 cm³/mol. The second kappa shape index (κ2) is 6.35. The third-order valence-electron chi connectivity index (χ3n) is 4.38. The molecule has 1 N–H and O–H groups in total. The van der Waals surface area contributed by atoms with Crippen LogP contribution in [0.25, 0.3) is 0 Å². The average molecular weight is 293 g/mol. The van der Waals surface area contributed by atoms with Crippen LogP contribution in [0.3, 0.4) is 0 Å². The van der Waals surface area contributed by atoms with Gasteiger partial charge < -0.3 is 14.6 Å². The van der Waals surface area contributed by atoms with E-state index >= 15 is 0 Å². The van der Waals surface area contributed by atoms with Crippen molar-refractivity contribution < 1.29 is 19.4 Å². The number of nitrogens with zero attached hydrogens (tertiary/aromatic N) is 1. The lowest BCUT2D eigenvalue weighted by atomic mass is 10.0. The third kappa shape index (κ3) is 2.97. The zero-order valence-electron chi connectivity index (χ0n) is 13.0. The topological polar surface area (TPSA) is 59.0 Å². The van der Waals surface area contributed by atoms with Gasteiger partial charge in [0.15, 0.2) is 0 Å². The molecule has 0 aromatic heterocycles. The van der Waals surface area contributed by atoms with E-state index in [9.17, 15) is 9.90 Å². The fourth-order valence-electron chi connectivity index (χ4n) is 3.14. The Balaban J connectivity index is 2.31. The molecule has 0 aliphatic carbocycles. The van der Waals surface area contributed by atoms with Gasteiger partial charge in [-0.3, -0.25) is 9.69 Å². The second-order valence-electron chi connectivity index (χ2n) is 5.57. The summed E-state index contributed by atoms with van der Waals surface area (Å²) < 4.78 is 10.6. The maximum Gasteiger partial charge on any atom is 0.321 e. The first-order valence-electron chi connectivity index (χ1n) is 7.20. The lowest BCUT2D eigenvalue weighted by molar-refractivity contribution is -0.144. The number of hydrogen-bond acceptors (Lipinski definition) is 4. The maximum atomic E-state index is 11.5. The highest BCUT2D eigenvalue weighted by atomic mass is 16.5. The number of ether oxygens (including phenoxy) is 2. The van der Waals surface area contributed by atoms with Gasteiger partial charge in [-0.15, -0.1) is 0 Å². The van der Waals surface area contributed by atoms with E-state index in [1.54, 1.807) is 14.2 Å². The summed E-state index contributed by atoms with van der Waals surface area (Å²) in [6, 6.07) is 5.21. The predicted octanol–water partition coefficient (Wildman–Crippen LogP) is 2.56. The van der Waals surface area contributed by atoms with Gasteiger partial charge >= 0.3 is 5.97 Å². The van der Waals surface area contributed by atoms with Crippen LogP contribution in [0.15, 0.2) is 18.2 Å². The number of carboxylic acids is 1. The molecule has 1 saturated heterocycles. The Bertz CT molecular complexity index is 517. The first-order valence-corrected chi connectivity index (χ1v) is 7.20. The van der Waals surface area contributed by atoms with E-state index in [-0.39, 0.29) is 12.0 Å². The molecule has 1 aromatic rings. The summed E-state index contributed by atoms with van der Waals surface area (Å²) in [4.78, 5) is 13.6. The fraction of sp³-hybridized carbons (Fsp3) is 0.562. The molecule has 1 aliphatic rings. The van der Waals surface area contributed by atoms with Crippen LogP contribution >= 0.6 is 0 Å². The summed E-state index contributed by atoms with van der Waals surface area (Å²) in [6.07, 6.45) is 0.903. The molecule has 1 fully saturated rings. The molecule has 5 nitrogen and oxygen atoms in total. The van der Waals surface area contributed by atoms with Gasteiger partial charge in [0.2, 0.25) is 0 Å². The highest BCUT2D eigenvalue weighted by molar-refractivity contribution is 5.74. The van der Waals surface area contributed by atoms with Gasteiger partial charge in [0.05, 0.1) is 14.2 Å². The number of aliphatic carboxylic acids is 1. The molecule has 21 heavy (non-hydrogen) atoms. The summed E-state index contributed by atoms with van der Waals surface area (Å²) in [7, 11) is 3.23. The number of benzene rings is 1. The van der Waals surface area contributed by atoms with Crippen LogP contribution in [0.5, 0.6) is 11.5 Å². The van der Waals surface area contributed by atoms with Crippen molar-refractivity contribution in [1.82, 2.24) is 4.90 Å². The zero-order chi connectivity index (χ0) is 15.6. The molecule has 1 aromatic carbocycles. The SMILES string of the molecule is COc1ccc(C(C)N2CCC(C)C2C(=O)O)c(OC)c1. The first kappa shape index (κ1) is 15.6. The molecule has 3 atom stereocenters. The maximum absolute atomic E-state index is 11.5. The lowest BCUT2D eigenvalue weighted by Gasteiger charge is -2.30. The molecular formula is C16H23NO4. The molecule has 0 saturated carbocycles. The van der Waals surface area contributed by atoms with Gasteiger partial charge in [-0.25, -0.2) is 0 Å². The normalized spacial score (nSPS) is 23.8. The summed E-state index contributed by atoms with van der Waals surface area (Å²) in [5, 5.41) is 9.47. The Kier molecular flexibility index (Phi) is 4.73. The Morgan fingerprint density at radius 3 is 2.67 bits per heavy atom. The van der Waals surface area contributed by atoms with E-state index in [0.717, 1.165) is 30.0 Å². The monoisotopic (exact) mass is 293 g/mol. The van der Waals surface area contributed by atoms with Gasteiger partial charge in [0, 0.05) is 17.7 Å². The van der Waals surface area contributed by atoms with Crippen LogP contribution in [0.2, 0.25) is 0 Å².